The molecule has 0 atom stereocenters. The average Bonchev–Trinajstić information content (AvgIpc) is 3.20. The van der Waals surface area contributed by atoms with Crippen molar-refractivity contribution in [2.75, 3.05) is 12.4 Å². The Bertz CT molecular complexity index is 857. The first-order valence-electron chi connectivity index (χ1n) is 8.31. The molecule has 0 bridgehead atoms. The average molecular weight is 392 g/mol. The van der Waals surface area contributed by atoms with Gasteiger partial charge < -0.3 is 10.1 Å². The van der Waals surface area contributed by atoms with Crippen LogP contribution in [-0.2, 0) is 27.2 Å². The molecule has 0 radical (unpaired) electrons. The van der Waals surface area contributed by atoms with E-state index in [0.29, 0.717) is 21.2 Å². The van der Waals surface area contributed by atoms with E-state index in [1.165, 1.54) is 18.4 Å². The lowest BCUT2D eigenvalue weighted by molar-refractivity contribution is -0.141. The molecule has 2 aromatic rings. The summed E-state index contributed by atoms with van der Waals surface area (Å²) in [4.78, 5) is 37.6. The van der Waals surface area contributed by atoms with Gasteiger partial charge in [-0.05, 0) is 49.1 Å². The third-order valence-corrected chi connectivity index (χ3v) is 5.75. The second-order valence-corrected chi connectivity index (χ2v) is 7.56. The number of halogens is 1. The number of amides is 1. The van der Waals surface area contributed by atoms with Crippen LogP contribution < -0.4 is 5.32 Å². The van der Waals surface area contributed by atoms with Gasteiger partial charge in [-0.25, -0.2) is 0 Å². The Kier molecular flexibility index (Phi) is 5.74. The van der Waals surface area contributed by atoms with Gasteiger partial charge in [0.1, 0.15) is 5.00 Å². The second-order valence-electron chi connectivity index (χ2n) is 6.02. The lowest BCUT2D eigenvalue weighted by atomic mass is 10.0. The van der Waals surface area contributed by atoms with Gasteiger partial charge in [0.2, 0.25) is 5.91 Å². The van der Waals surface area contributed by atoms with Crippen molar-refractivity contribution in [3.05, 3.63) is 50.9 Å². The zero-order valence-corrected chi connectivity index (χ0v) is 15.8. The van der Waals surface area contributed by atoms with E-state index in [9.17, 15) is 14.4 Å². The molecule has 1 amide bonds. The van der Waals surface area contributed by atoms with Crippen molar-refractivity contribution in [1.29, 1.82) is 0 Å². The zero-order chi connectivity index (χ0) is 18.7. The Morgan fingerprint density at radius 2 is 1.88 bits per heavy atom. The summed E-state index contributed by atoms with van der Waals surface area (Å²) in [5.74, 6) is -0.865. The van der Waals surface area contributed by atoms with E-state index in [1.807, 2.05) is 0 Å². The number of benzene rings is 1. The molecule has 0 spiro atoms. The summed E-state index contributed by atoms with van der Waals surface area (Å²) in [6, 6.07) is 6.73. The summed E-state index contributed by atoms with van der Waals surface area (Å²) in [7, 11) is 1.28. The maximum atomic E-state index is 13.0. The maximum absolute atomic E-state index is 13.0. The van der Waals surface area contributed by atoms with Crippen LogP contribution in [0.1, 0.15) is 45.6 Å². The molecule has 0 saturated heterocycles. The van der Waals surface area contributed by atoms with Crippen molar-refractivity contribution < 1.29 is 19.1 Å². The zero-order valence-electron chi connectivity index (χ0n) is 14.3. The molecular formula is C19H18ClNO4S. The predicted molar refractivity (Wildman–Crippen MR) is 101 cm³/mol. The third-order valence-electron chi connectivity index (χ3n) is 4.29. The Morgan fingerprint density at radius 1 is 1.15 bits per heavy atom. The van der Waals surface area contributed by atoms with Crippen molar-refractivity contribution in [2.45, 2.75) is 32.1 Å². The number of carbonyl (C=O) groups is 3. The van der Waals surface area contributed by atoms with Gasteiger partial charge >= 0.3 is 5.97 Å². The molecule has 0 aliphatic heterocycles. The molecule has 1 aliphatic carbocycles. The van der Waals surface area contributed by atoms with Crippen LogP contribution in [0.25, 0.3) is 0 Å². The van der Waals surface area contributed by atoms with Gasteiger partial charge in [0.25, 0.3) is 0 Å². The van der Waals surface area contributed by atoms with Crippen molar-refractivity contribution in [3.63, 3.8) is 0 Å². The molecule has 0 unspecified atom stereocenters. The molecule has 1 N–H and O–H groups in total. The number of anilines is 1. The minimum atomic E-state index is -0.439. The third kappa shape index (κ3) is 3.97. The van der Waals surface area contributed by atoms with Gasteiger partial charge in [0, 0.05) is 21.9 Å². The number of fused-ring (bicyclic) bond motifs is 1. The van der Waals surface area contributed by atoms with Gasteiger partial charge in [-0.1, -0.05) is 11.6 Å². The molecule has 0 fully saturated rings. The number of hydrogen-bond acceptors (Lipinski definition) is 5. The van der Waals surface area contributed by atoms with Crippen molar-refractivity contribution >= 4 is 45.6 Å². The quantitative estimate of drug-likeness (QED) is 0.596. The van der Waals surface area contributed by atoms with E-state index < -0.39 is 5.97 Å². The lowest BCUT2D eigenvalue weighted by Crippen LogP contribution is -2.15. The number of thiophene rings is 1. The second kappa shape index (κ2) is 8.01. The first-order chi connectivity index (χ1) is 12.5. The number of aryl methyl sites for hydroxylation is 1. The van der Waals surface area contributed by atoms with Crippen LogP contribution in [0.5, 0.6) is 0 Å². The topological polar surface area (TPSA) is 72.5 Å². The Balaban J connectivity index is 1.85. The van der Waals surface area contributed by atoms with Gasteiger partial charge in [-0.3, -0.25) is 14.4 Å². The van der Waals surface area contributed by atoms with E-state index in [-0.39, 0.29) is 24.5 Å². The molecule has 1 aromatic heterocycles. The van der Waals surface area contributed by atoms with E-state index in [1.54, 1.807) is 24.3 Å². The fourth-order valence-corrected chi connectivity index (χ4v) is 4.41. The molecule has 5 nitrogen and oxygen atoms in total. The van der Waals surface area contributed by atoms with E-state index in [2.05, 4.69) is 10.1 Å². The van der Waals surface area contributed by atoms with E-state index >= 15 is 0 Å². The summed E-state index contributed by atoms with van der Waals surface area (Å²) < 4.78 is 4.55. The van der Waals surface area contributed by atoms with Crippen LogP contribution in [0.3, 0.4) is 0 Å². The summed E-state index contributed by atoms with van der Waals surface area (Å²) in [5, 5.41) is 3.93. The molecule has 1 aromatic carbocycles. The summed E-state index contributed by atoms with van der Waals surface area (Å²) >= 11 is 7.35. The molecule has 1 aliphatic rings. The minimum absolute atomic E-state index is 0.00782. The Labute approximate surface area is 160 Å². The molecule has 0 saturated carbocycles. The van der Waals surface area contributed by atoms with Crippen LogP contribution >= 0.6 is 22.9 Å². The highest BCUT2D eigenvalue weighted by atomic mass is 35.5. The van der Waals surface area contributed by atoms with E-state index in [0.717, 1.165) is 29.7 Å². The largest absolute Gasteiger partial charge is 0.469 e. The fourth-order valence-electron chi connectivity index (χ4n) is 2.98. The smallest absolute Gasteiger partial charge is 0.306 e. The lowest BCUT2D eigenvalue weighted by Gasteiger charge is -2.08. The molecular weight excluding hydrogens is 374 g/mol. The van der Waals surface area contributed by atoms with Crippen molar-refractivity contribution in [2.24, 2.45) is 0 Å². The number of ketones is 1. The van der Waals surface area contributed by atoms with Crippen LogP contribution in [-0.4, -0.2) is 24.8 Å². The number of rotatable bonds is 6. The number of ether oxygens (including phenoxy) is 1. The molecule has 3 rings (SSSR count). The number of esters is 1. The first kappa shape index (κ1) is 18.6. The van der Waals surface area contributed by atoms with Gasteiger partial charge in [-0.2, -0.15) is 0 Å². The van der Waals surface area contributed by atoms with Crippen LogP contribution in [0.15, 0.2) is 24.3 Å². The predicted octanol–water partition coefficient (Wildman–Crippen LogP) is 4.01. The standard InChI is InChI=1S/C19H18ClNO4S/c1-25-16(23)10-9-15(22)21-19-17(13-3-2-4-14(13)26-19)18(24)11-5-7-12(20)8-6-11/h5-8H,2-4,9-10H2,1H3,(H,21,22). The highest BCUT2D eigenvalue weighted by molar-refractivity contribution is 7.17. The van der Waals surface area contributed by atoms with Crippen molar-refractivity contribution in [3.8, 4) is 0 Å². The number of carbonyl (C=O) groups excluding carboxylic acids is 3. The highest BCUT2D eigenvalue weighted by Gasteiger charge is 2.28. The summed E-state index contributed by atoms with van der Waals surface area (Å²) in [6.07, 6.45) is 2.79. The molecule has 7 heteroatoms. The monoisotopic (exact) mass is 391 g/mol. The van der Waals surface area contributed by atoms with Crippen LogP contribution in [0.2, 0.25) is 5.02 Å². The number of methoxy groups -OCH3 is 1. The van der Waals surface area contributed by atoms with Gasteiger partial charge in [0.05, 0.1) is 19.1 Å². The molecule has 136 valence electrons. The first-order valence-corrected chi connectivity index (χ1v) is 9.50. The Hall–Kier alpha value is -2.18. The van der Waals surface area contributed by atoms with Crippen LogP contribution in [0.4, 0.5) is 5.00 Å². The van der Waals surface area contributed by atoms with E-state index in [4.69, 9.17) is 11.6 Å². The summed E-state index contributed by atoms with van der Waals surface area (Å²) in [5.41, 5.74) is 2.13. The maximum Gasteiger partial charge on any atom is 0.306 e. The molecule has 1 heterocycles. The summed E-state index contributed by atoms with van der Waals surface area (Å²) in [6.45, 7) is 0. The highest BCUT2D eigenvalue weighted by Crippen LogP contribution is 2.40. The fraction of sp³-hybridized carbons (Fsp3) is 0.316. The molecule has 26 heavy (non-hydrogen) atoms. The van der Waals surface area contributed by atoms with Gasteiger partial charge in [0.15, 0.2) is 5.78 Å². The minimum Gasteiger partial charge on any atom is -0.469 e. The number of nitrogens with one attached hydrogen (secondary N) is 1. The normalized spacial score (nSPS) is 12.5. The number of hydrogen-bond donors (Lipinski definition) is 1. The van der Waals surface area contributed by atoms with Crippen LogP contribution in [0, 0.1) is 0 Å². The van der Waals surface area contributed by atoms with Gasteiger partial charge in [-0.15, -0.1) is 11.3 Å². The Morgan fingerprint density at radius 3 is 2.58 bits per heavy atom. The van der Waals surface area contributed by atoms with Crippen molar-refractivity contribution in [1.82, 2.24) is 0 Å². The SMILES string of the molecule is COC(=O)CCC(=O)Nc1sc2c(c1C(=O)c1ccc(Cl)cc1)CCC2.